The maximum absolute atomic E-state index is 13.0. The fraction of sp³-hybridized carbons (Fsp3) is 0.462. The first-order valence-corrected chi connectivity index (χ1v) is 11.6. The second kappa shape index (κ2) is 10.5. The molecule has 0 unspecified atom stereocenters. The predicted molar refractivity (Wildman–Crippen MR) is 133 cm³/mol. The van der Waals surface area contributed by atoms with Crippen LogP contribution < -0.4 is 20.9 Å². The summed E-state index contributed by atoms with van der Waals surface area (Å²) in [4.78, 5) is 27.9. The van der Waals surface area contributed by atoms with Crippen molar-refractivity contribution in [3.63, 3.8) is 0 Å². The van der Waals surface area contributed by atoms with Crippen molar-refractivity contribution < 1.29 is 9.59 Å². The van der Waals surface area contributed by atoms with Crippen molar-refractivity contribution in [3.05, 3.63) is 53.1 Å². The molecule has 32 heavy (non-hydrogen) atoms. The van der Waals surface area contributed by atoms with Crippen LogP contribution in [0.5, 0.6) is 0 Å². The summed E-state index contributed by atoms with van der Waals surface area (Å²) in [7, 11) is 0. The van der Waals surface area contributed by atoms with Crippen LogP contribution >= 0.6 is 0 Å². The lowest BCUT2D eigenvalue weighted by Gasteiger charge is -2.33. The van der Waals surface area contributed by atoms with Crippen LogP contribution in [-0.2, 0) is 0 Å². The van der Waals surface area contributed by atoms with E-state index in [0.717, 1.165) is 42.9 Å². The molecule has 0 radical (unpaired) electrons. The van der Waals surface area contributed by atoms with E-state index in [1.54, 1.807) is 6.07 Å². The van der Waals surface area contributed by atoms with Crippen LogP contribution in [0.3, 0.4) is 0 Å². The molecule has 3 amide bonds. The van der Waals surface area contributed by atoms with Crippen molar-refractivity contribution in [2.75, 3.05) is 35.2 Å². The summed E-state index contributed by atoms with van der Waals surface area (Å²) >= 11 is 0. The molecule has 0 bridgehead atoms. The van der Waals surface area contributed by atoms with E-state index >= 15 is 0 Å². The molecule has 2 aromatic carbocycles. The fourth-order valence-corrected chi connectivity index (χ4v) is 3.83. The van der Waals surface area contributed by atoms with Crippen molar-refractivity contribution in [2.24, 2.45) is 11.8 Å². The smallest absolute Gasteiger partial charge is 0.323 e. The molecule has 0 spiro atoms. The maximum atomic E-state index is 13.0. The lowest BCUT2D eigenvalue weighted by molar-refractivity contribution is 0.0949. The molecule has 1 aliphatic rings. The van der Waals surface area contributed by atoms with E-state index in [0.29, 0.717) is 29.6 Å². The molecular weight excluding hydrogens is 400 g/mol. The Morgan fingerprint density at radius 1 is 0.969 bits per heavy atom. The quantitative estimate of drug-likeness (QED) is 0.554. The highest BCUT2D eigenvalue weighted by Crippen LogP contribution is 2.29. The number of benzene rings is 2. The normalized spacial score (nSPS) is 14.4. The summed E-state index contributed by atoms with van der Waals surface area (Å²) in [6.45, 7) is 13.0. The summed E-state index contributed by atoms with van der Waals surface area (Å²) in [6.07, 6.45) is 2.23. The van der Waals surface area contributed by atoms with Crippen LogP contribution in [0.25, 0.3) is 0 Å². The summed E-state index contributed by atoms with van der Waals surface area (Å²) < 4.78 is 0. The fourth-order valence-electron chi connectivity index (χ4n) is 3.83. The Hall–Kier alpha value is -3.02. The van der Waals surface area contributed by atoms with Gasteiger partial charge in [-0.2, -0.15) is 0 Å². The number of amides is 3. The van der Waals surface area contributed by atoms with Crippen molar-refractivity contribution >= 4 is 29.0 Å². The number of anilines is 3. The first-order valence-electron chi connectivity index (χ1n) is 11.6. The van der Waals surface area contributed by atoms with E-state index in [1.165, 1.54) is 5.56 Å². The van der Waals surface area contributed by atoms with Crippen molar-refractivity contribution in [1.82, 2.24) is 5.32 Å². The van der Waals surface area contributed by atoms with Gasteiger partial charge in [0.15, 0.2) is 0 Å². The van der Waals surface area contributed by atoms with E-state index in [2.05, 4.69) is 41.6 Å². The Morgan fingerprint density at radius 2 is 1.59 bits per heavy atom. The van der Waals surface area contributed by atoms with Gasteiger partial charge in [-0.15, -0.1) is 0 Å². The number of carbonyl (C=O) groups is 2. The minimum Gasteiger partial charge on any atom is -0.371 e. The highest BCUT2D eigenvalue weighted by atomic mass is 16.2. The summed E-state index contributed by atoms with van der Waals surface area (Å²) in [6, 6.07) is 11.1. The van der Waals surface area contributed by atoms with E-state index < -0.39 is 0 Å². The number of carbonyl (C=O) groups excluding carboxylic acids is 2. The lowest BCUT2D eigenvalue weighted by atomic mass is 9.97. The zero-order valence-corrected chi connectivity index (χ0v) is 19.9. The Morgan fingerprint density at radius 3 is 2.22 bits per heavy atom. The minimum absolute atomic E-state index is 0.106. The van der Waals surface area contributed by atoms with Crippen LogP contribution in [-0.4, -0.2) is 31.6 Å². The zero-order chi connectivity index (χ0) is 23.3. The molecular formula is C26H36N4O2. The van der Waals surface area contributed by atoms with Gasteiger partial charge in [-0.3, -0.25) is 4.79 Å². The molecule has 0 saturated carbocycles. The van der Waals surface area contributed by atoms with E-state index in [4.69, 9.17) is 0 Å². The van der Waals surface area contributed by atoms with Crippen LogP contribution in [0.1, 0.15) is 55.1 Å². The van der Waals surface area contributed by atoms with Crippen molar-refractivity contribution in [2.45, 2.75) is 47.5 Å². The first kappa shape index (κ1) is 23.6. The number of hydrogen-bond donors (Lipinski definition) is 3. The Labute approximate surface area is 191 Å². The van der Waals surface area contributed by atoms with Gasteiger partial charge in [-0.05, 0) is 80.0 Å². The molecule has 0 aliphatic carbocycles. The average molecular weight is 437 g/mol. The molecule has 1 heterocycles. The SMILES string of the molecule is Cc1ccc(NC(=O)Nc2ccc(N3CCC(C)CC3)c(C(=O)NCC(C)C)c2)cc1C. The number of urea groups is 1. The number of aryl methyl sites for hydroxylation is 2. The van der Waals surface area contributed by atoms with E-state index in [9.17, 15) is 9.59 Å². The molecule has 6 nitrogen and oxygen atoms in total. The number of nitrogens with one attached hydrogen (secondary N) is 3. The number of hydrogen-bond acceptors (Lipinski definition) is 3. The Balaban J connectivity index is 1.78. The third-order valence-electron chi connectivity index (χ3n) is 6.06. The second-order valence-electron chi connectivity index (χ2n) is 9.38. The van der Waals surface area contributed by atoms with Gasteiger partial charge in [-0.1, -0.05) is 26.8 Å². The van der Waals surface area contributed by atoms with Crippen LogP contribution in [0.15, 0.2) is 36.4 Å². The first-order chi connectivity index (χ1) is 15.2. The molecule has 0 atom stereocenters. The summed E-state index contributed by atoms with van der Waals surface area (Å²) in [5, 5.41) is 8.77. The second-order valence-corrected chi connectivity index (χ2v) is 9.38. The highest BCUT2D eigenvalue weighted by molar-refractivity contribution is 6.04. The minimum atomic E-state index is -0.332. The molecule has 2 aromatic rings. The maximum Gasteiger partial charge on any atom is 0.323 e. The van der Waals surface area contributed by atoms with Gasteiger partial charge < -0.3 is 20.9 Å². The molecule has 172 valence electrons. The van der Waals surface area contributed by atoms with Crippen LogP contribution in [0, 0.1) is 25.7 Å². The van der Waals surface area contributed by atoms with Gasteiger partial charge >= 0.3 is 6.03 Å². The Kier molecular flexibility index (Phi) is 7.78. The largest absolute Gasteiger partial charge is 0.371 e. The van der Waals surface area contributed by atoms with Gasteiger partial charge in [0.05, 0.1) is 5.56 Å². The molecule has 1 aliphatic heterocycles. The molecule has 0 aromatic heterocycles. The summed E-state index contributed by atoms with van der Waals surface area (Å²) in [5.74, 6) is 0.966. The number of rotatable bonds is 6. The zero-order valence-electron chi connectivity index (χ0n) is 19.9. The van der Waals surface area contributed by atoms with Crippen LogP contribution in [0.2, 0.25) is 0 Å². The predicted octanol–water partition coefficient (Wildman–Crippen LogP) is 5.57. The van der Waals surface area contributed by atoms with Gasteiger partial charge in [-0.25, -0.2) is 4.79 Å². The monoisotopic (exact) mass is 436 g/mol. The average Bonchev–Trinajstić information content (AvgIpc) is 2.75. The molecule has 1 fully saturated rings. The van der Waals surface area contributed by atoms with Crippen molar-refractivity contribution in [3.8, 4) is 0 Å². The van der Waals surface area contributed by atoms with Crippen LogP contribution in [0.4, 0.5) is 21.9 Å². The highest BCUT2D eigenvalue weighted by Gasteiger charge is 2.22. The molecule has 6 heteroatoms. The molecule has 3 rings (SSSR count). The topological polar surface area (TPSA) is 73.5 Å². The van der Waals surface area contributed by atoms with E-state index in [1.807, 2.05) is 44.2 Å². The molecule has 1 saturated heterocycles. The third-order valence-corrected chi connectivity index (χ3v) is 6.06. The van der Waals surface area contributed by atoms with E-state index in [-0.39, 0.29) is 11.9 Å². The van der Waals surface area contributed by atoms with Gasteiger partial charge in [0.2, 0.25) is 0 Å². The van der Waals surface area contributed by atoms with Gasteiger partial charge in [0.25, 0.3) is 5.91 Å². The van der Waals surface area contributed by atoms with Crippen molar-refractivity contribution in [1.29, 1.82) is 0 Å². The summed E-state index contributed by atoms with van der Waals surface area (Å²) in [5.41, 5.74) is 5.15. The van der Waals surface area contributed by atoms with Gasteiger partial charge in [0, 0.05) is 36.7 Å². The molecule has 3 N–H and O–H groups in total. The number of piperidine rings is 1. The Bertz CT molecular complexity index is 962. The van der Waals surface area contributed by atoms with Gasteiger partial charge in [0.1, 0.15) is 0 Å². The standard InChI is InChI=1S/C26H36N4O2/c1-17(2)16-27-25(31)23-15-22(8-9-24(23)30-12-10-18(3)11-13-30)29-26(32)28-21-7-6-19(4)20(5)14-21/h6-9,14-15,17-18H,10-13,16H2,1-5H3,(H,27,31)(H2,28,29,32). The lowest BCUT2D eigenvalue weighted by Crippen LogP contribution is -2.35. The third kappa shape index (κ3) is 6.25. The number of nitrogens with zero attached hydrogens (tertiary/aromatic N) is 1.